The van der Waals surface area contributed by atoms with Crippen LogP contribution in [-0.2, 0) is 13.0 Å². The Hall–Kier alpha value is -2.04. The Bertz CT molecular complexity index is 701. The van der Waals surface area contributed by atoms with Gasteiger partial charge in [-0.2, -0.15) is 0 Å². The van der Waals surface area contributed by atoms with Gasteiger partial charge in [-0.3, -0.25) is 10.0 Å². The number of carbonyl (C=O) groups excluding carboxylic acids is 1. The van der Waals surface area contributed by atoms with Crippen LogP contribution in [-0.4, -0.2) is 17.7 Å². The van der Waals surface area contributed by atoms with Gasteiger partial charge in [0.2, 0.25) is 0 Å². The summed E-state index contributed by atoms with van der Waals surface area (Å²) >= 11 is 6.12. The summed E-state index contributed by atoms with van der Waals surface area (Å²) in [6.07, 6.45) is 3.37. The van der Waals surface area contributed by atoms with Crippen LogP contribution in [0.4, 0.5) is 5.69 Å². The van der Waals surface area contributed by atoms with Gasteiger partial charge in [0.25, 0.3) is 5.91 Å². The molecule has 0 fully saturated rings. The van der Waals surface area contributed by atoms with Gasteiger partial charge in [-0.1, -0.05) is 23.7 Å². The molecule has 0 aromatic heterocycles. The smallest absolute Gasteiger partial charge is 0.274 e. The Kier molecular flexibility index (Phi) is 4.84. The number of anilines is 1. The molecule has 0 bridgehead atoms. The van der Waals surface area contributed by atoms with E-state index in [1.165, 1.54) is 17.7 Å². The molecule has 0 saturated carbocycles. The molecule has 2 N–H and O–H groups in total. The molecule has 0 aliphatic carbocycles. The zero-order valence-electron chi connectivity index (χ0n) is 12.8. The zero-order chi connectivity index (χ0) is 16.2. The summed E-state index contributed by atoms with van der Waals surface area (Å²) in [6.45, 7) is 1.79. The van der Waals surface area contributed by atoms with Crippen LogP contribution in [0.3, 0.4) is 0 Å². The molecule has 120 valence electrons. The molecule has 0 unspecified atom stereocenters. The third-order valence-corrected chi connectivity index (χ3v) is 4.43. The van der Waals surface area contributed by atoms with Gasteiger partial charge in [-0.05, 0) is 60.7 Å². The number of halogens is 1. The highest BCUT2D eigenvalue weighted by Crippen LogP contribution is 2.30. The monoisotopic (exact) mass is 330 g/mol. The summed E-state index contributed by atoms with van der Waals surface area (Å²) < 4.78 is 0. The molecule has 5 heteroatoms. The predicted molar refractivity (Wildman–Crippen MR) is 91.1 cm³/mol. The Morgan fingerprint density at radius 2 is 1.96 bits per heavy atom. The number of amides is 1. The largest absolute Gasteiger partial charge is 0.367 e. The number of fused-ring (bicyclic) bond motifs is 1. The molecule has 23 heavy (non-hydrogen) atoms. The van der Waals surface area contributed by atoms with E-state index in [1.54, 1.807) is 17.6 Å². The summed E-state index contributed by atoms with van der Waals surface area (Å²) in [6, 6.07) is 13.4. The first-order chi connectivity index (χ1) is 11.2. The van der Waals surface area contributed by atoms with Crippen molar-refractivity contribution in [2.24, 2.45) is 0 Å². The average molecular weight is 331 g/mol. The minimum atomic E-state index is -0.494. The lowest BCUT2D eigenvalue weighted by molar-refractivity contribution is 0.0706. The molecule has 0 radical (unpaired) electrons. The molecule has 1 heterocycles. The molecular formula is C18H19ClN2O2. The number of nitrogens with zero attached hydrogens (tertiary/aromatic N) is 1. The highest BCUT2D eigenvalue weighted by atomic mass is 35.5. The Balaban J connectivity index is 1.81. The molecule has 0 atom stereocenters. The van der Waals surface area contributed by atoms with Crippen molar-refractivity contribution in [2.45, 2.75) is 25.8 Å². The van der Waals surface area contributed by atoms with Crippen molar-refractivity contribution < 1.29 is 10.0 Å². The number of hydrogen-bond acceptors (Lipinski definition) is 3. The maximum Gasteiger partial charge on any atom is 0.274 e. The van der Waals surface area contributed by atoms with Crippen LogP contribution in [0.5, 0.6) is 0 Å². The van der Waals surface area contributed by atoms with E-state index in [2.05, 4.69) is 17.0 Å². The van der Waals surface area contributed by atoms with Crippen LogP contribution >= 0.6 is 11.6 Å². The first-order valence-corrected chi connectivity index (χ1v) is 8.12. The van der Waals surface area contributed by atoms with Crippen molar-refractivity contribution in [1.82, 2.24) is 5.48 Å². The molecule has 1 aliphatic heterocycles. The third-order valence-electron chi connectivity index (χ3n) is 4.20. The Labute approximate surface area is 140 Å². The third kappa shape index (κ3) is 3.66. The zero-order valence-corrected chi connectivity index (χ0v) is 13.5. The van der Waals surface area contributed by atoms with E-state index < -0.39 is 5.91 Å². The Morgan fingerprint density at radius 1 is 1.17 bits per heavy atom. The van der Waals surface area contributed by atoms with E-state index in [0.717, 1.165) is 36.5 Å². The van der Waals surface area contributed by atoms with Crippen molar-refractivity contribution in [3.8, 4) is 0 Å². The Morgan fingerprint density at radius 3 is 2.70 bits per heavy atom. The number of nitrogens with one attached hydrogen (secondary N) is 1. The van der Waals surface area contributed by atoms with Gasteiger partial charge >= 0.3 is 0 Å². The fraction of sp³-hybridized carbons (Fsp3) is 0.278. The highest BCUT2D eigenvalue weighted by Gasteiger charge is 2.16. The fourth-order valence-corrected chi connectivity index (χ4v) is 3.21. The van der Waals surface area contributed by atoms with Crippen molar-refractivity contribution >= 4 is 23.2 Å². The van der Waals surface area contributed by atoms with Crippen LogP contribution in [0.1, 0.15) is 34.3 Å². The van der Waals surface area contributed by atoms with E-state index in [9.17, 15) is 4.79 Å². The average Bonchev–Trinajstić information content (AvgIpc) is 2.76. The topological polar surface area (TPSA) is 52.6 Å². The number of hydrogen-bond donors (Lipinski definition) is 2. The van der Waals surface area contributed by atoms with Gasteiger partial charge in [0.15, 0.2) is 0 Å². The lowest BCUT2D eigenvalue weighted by atomic mass is 10.1. The summed E-state index contributed by atoms with van der Waals surface area (Å²) in [7, 11) is 0. The maximum atomic E-state index is 11.4. The first kappa shape index (κ1) is 15.8. The van der Waals surface area contributed by atoms with E-state index in [4.69, 9.17) is 16.8 Å². The second kappa shape index (κ2) is 7.02. The second-order valence-electron chi connectivity index (χ2n) is 5.79. The van der Waals surface area contributed by atoms with Crippen LogP contribution in [0, 0.1) is 0 Å². The van der Waals surface area contributed by atoms with Gasteiger partial charge in [0.1, 0.15) is 0 Å². The number of hydroxylamine groups is 1. The minimum absolute atomic E-state index is 0.444. The van der Waals surface area contributed by atoms with Gasteiger partial charge in [-0.15, -0.1) is 0 Å². The maximum absolute atomic E-state index is 11.4. The lowest BCUT2D eigenvalue weighted by Gasteiger charge is -2.25. The molecule has 2 aromatic rings. The van der Waals surface area contributed by atoms with E-state index in [-0.39, 0.29) is 0 Å². The number of rotatable bonds is 3. The normalized spacial score (nSPS) is 14.1. The standard InChI is InChI=1S/C18H19ClN2O2/c19-16-8-9-17-15(11-16)3-1-2-10-21(17)12-13-4-6-14(7-5-13)18(22)20-23/h4-9,11,23H,1-3,10,12H2,(H,20,22). The van der Waals surface area contributed by atoms with Gasteiger partial charge in [0, 0.05) is 29.4 Å². The minimum Gasteiger partial charge on any atom is -0.367 e. The molecule has 0 spiro atoms. The van der Waals surface area contributed by atoms with Crippen LogP contribution in [0.25, 0.3) is 0 Å². The van der Waals surface area contributed by atoms with Crippen molar-refractivity contribution in [2.75, 3.05) is 11.4 Å². The highest BCUT2D eigenvalue weighted by molar-refractivity contribution is 6.30. The quantitative estimate of drug-likeness (QED) is 0.665. The van der Waals surface area contributed by atoms with Crippen molar-refractivity contribution in [3.05, 3.63) is 64.2 Å². The molecule has 3 rings (SSSR count). The first-order valence-electron chi connectivity index (χ1n) is 7.74. The van der Waals surface area contributed by atoms with Crippen LogP contribution < -0.4 is 10.4 Å². The summed E-state index contributed by atoms with van der Waals surface area (Å²) in [5.74, 6) is -0.494. The van der Waals surface area contributed by atoms with E-state index >= 15 is 0 Å². The van der Waals surface area contributed by atoms with Crippen LogP contribution in [0.15, 0.2) is 42.5 Å². The SMILES string of the molecule is O=C(NO)c1ccc(CN2CCCCc3cc(Cl)ccc32)cc1. The van der Waals surface area contributed by atoms with E-state index in [1.807, 2.05) is 18.2 Å². The molecule has 0 saturated heterocycles. The molecule has 1 aliphatic rings. The summed E-state index contributed by atoms with van der Waals surface area (Å²) in [4.78, 5) is 13.7. The van der Waals surface area contributed by atoms with Crippen molar-refractivity contribution in [3.63, 3.8) is 0 Å². The molecule has 1 amide bonds. The lowest BCUT2D eigenvalue weighted by Crippen LogP contribution is -2.23. The van der Waals surface area contributed by atoms with E-state index in [0.29, 0.717) is 5.56 Å². The van der Waals surface area contributed by atoms with Gasteiger partial charge in [0.05, 0.1) is 0 Å². The number of aryl methyl sites for hydroxylation is 1. The summed E-state index contributed by atoms with van der Waals surface area (Å²) in [5, 5.41) is 9.45. The summed E-state index contributed by atoms with van der Waals surface area (Å²) in [5.41, 5.74) is 5.76. The number of benzene rings is 2. The van der Waals surface area contributed by atoms with Crippen molar-refractivity contribution in [1.29, 1.82) is 0 Å². The second-order valence-corrected chi connectivity index (χ2v) is 6.23. The van der Waals surface area contributed by atoms with Gasteiger partial charge in [-0.25, -0.2) is 5.48 Å². The molecular weight excluding hydrogens is 312 g/mol. The molecule has 4 nitrogen and oxygen atoms in total. The predicted octanol–water partition coefficient (Wildman–Crippen LogP) is 3.80. The fourth-order valence-electron chi connectivity index (χ4n) is 3.01. The van der Waals surface area contributed by atoms with Gasteiger partial charge < -0.3 is 4.90 Å². The number of carbonyl (C=O) groups is 1. The molecule has 2 aromatic carbocycles. The van der Waals surface area contributed by atoms with Crippen LogP contribution in [0.2, 0.25) is 5.02 Å².